The monoisotopic (exact) mass is 274 g/mol. The van der Waals surface area contributed by atoms with E-state index in [1.54, 1.807) is 11.8 Å². The van der Waals surface area contributed by atoms with Gasteiger partial charge >= 0.3 is 12.1 Å². The summed E-state index contributed by atoms with van der Waals surface area (Å²) in [6, 6.07) is 1.77. The molecule has 0 aliphatic heterocycles. The molecule has 1 saturated carbocycles. The predicted molar refractivity (Wildman–Crippen MR) is 62.2 cm³/mol. The first-order valence-electron chi connectivity index (χ1n) is 5.92. The number of carboxylic acid groups (broad SMARTS) is 1. The first kappa shape index (κ1) is 13.6. The van der Waals surface area contributed by atoms with Crippen LogP contribution in [0.2, 0.25) is 0 Å². The normalized spacial score (nSPS) is 15.4. The first-order valence-corrected chi connectivity index (χ1v) is 5.92. The molecular weight excluding hydrogens is 261 g/mol. The molecule has 1 aliphatic rings. The summed E-state index contributed by atoms with van der Waals surface area (Å²) < 4.78 is 38.0. The number of nitrogens with zero attached hydrogens (tertiary/aromatic N) is 2. The van der Waals surface area contributed by atoms with Crippen molar-refractivity contribution in [1.29, 1.82) is 0 Å². The Morgan fingerprint density at radius 3 is 2.53 bits per heavy atom. The molecule has 1 N–H and O–H groups in total. The molecule has 1 heterocycles. The summed E-state index contributed by atoms with van der Waals surface area (Å²) in [5.41, 5.74) is -1.26. The number of rotatable bonds is 4. The lowest BCUT2D eigenvalue weighted by Gasteiger charge is -2.24. The van der Waals surface area contributed by atoms with Gasteiger partial charge in [0.1, 0.15) is 17.1 Å². The van der Waals surface area contributed by atoms with Crippen molar-refractivity contribution in [2.75, 3.05) is 11.4 Å². The maximum absolute atomic E-state index is 12.7. The summed E-state index contributed by atoms with van der Waals surface area (Å²) in [6.45, 7) is 2.20. The zero-order valence-corrected chi connectivity index (χ0v) is 10.2. The van der Waals surface area contributed by atoms with Gasteiger partial charge in [0.05, 0.1) is 0 Å². The van der Waals surface area contributed by atoms with Crippen LogP contribution in [-0.4, -0.2) is 28.6 Å². The number of hydrogen-bond donors (Lipinski definition) is 1. The first-order chi connectivity index (χ1) is 8.84. The Kier molecular flexibility index (Phi) is 3.38. The van der Waals surface area contributed by atoms with Gasteiger partial charge in [-0.05, 0) is 31.9 Å². The summed E-state index contributed by atoms with van der Waals surface area (Å²) in [4.78, 5) is 16.2. The second kappa shape index (κ2) is 4.71. The van der Waals surface area contributed by atoms with Gasteiger partial charge in [-0.2, -0.15) is 13.2 Å². The number of aromatic carboxylic acids is 1. The van der Waals surface area contributed by atoms with E-state index in [4.69, 9.17) is 5.11 Å². The number of anilines is 1. The molecule has 2 rings (SSSR count). The van der Waals surface area contributed by atoms with Crippen molar-refractivity contribution < 1.29 is 23.1 Å². The minimum absolute atomic E-state index is 0.0904. The highest BCUT2D eigenvalue weighted by molar-refractivity contribution is 5.93. The lowest BCUT2D eigenvalue weighted by atomic mass is 10.2. The number of hydrogen-bond acceptors (Lipinski definition) is 3. The molecule has 1 fully saturated rings. The summed E-state index contributed by atoms with van der Waals surface area (Å²) in [6.07, 6.45) is -2.87. The van der Waals surface area contributed by atoms with Crippen LogP contribution in [0.3, 0.4) is 0 Å². The molecule has 1 aromatic rings. The maximum Gasteiger partial charge on any atom is 0.433 e. The fourth-order valence-corrected chi connectivity index (χ4v) is 1.96. The van der Waals surface area contributed by atoms with Crippen LogP contribution in [0.4, 0.5) is 19.0 Å². The van der Waals surface area contributed by atoms with Gasteiger partial charge in [-0.25, -0.2) is 9.78 Å². The van der Waals surface area contributed by atoms with E-state index in [1.807, 2.05) is 0 Å². The number of alkyl halides is 3. The average Bonchev–Trinajstić information content (AvgIpc) is 3.13. The van der Waals surface area contributed by atoms with Gasteiger partial charge < -0.3 is 10.0 Å². The van der Waals surface area contributed by atoms with Gasteiger partial charge in [0.2, 0.25) is 0 Å². The Morgan fingerprint density at radius 2 is 2.11 bits per heavy atom. The summed E-state index contributed by atoms with van der Waals surface area (Å²) in [5.74, 6) is -1.36. The number of aromatic nitrogens is 1. The quantitative estimate of drug-likeness (QED) is 0.917. The molecule has 0 spiro atoms. The van der Waals surface area contributed by atoms with E-state index in [0.717, 1.165) is 18.9 Å². The van der Waals surface area contributed by atoms with Crippen LogP contribution in [0.5, 0.6) is 0 Å². The fourth-order valence-electron chi connectivity index (χ4n) is 1.96. The summed E-state index contributed by atoms with van der Waals surface area (Å²) in [5, 5.41) is 9.06. The number of carbonyl (C=O) groups is 1. The van der Waals surface area contributed by atoms with Crippen LogP contribution in [0.1, 0.15) is 35.8 Å². The highest BCUT2D eigenvalue weighted by Gasteiger charge is 2.36. The van der Waals surface area contributed by atoms with Gasteiger partial charge in [-0.15, -0.1) is 0 Å². The molecule has 1 aromatic heterocycles. The molecule has 0 bridgehead atoms. The SMILES string of the molecule is CCN(c1nc(C(F)(F)F)ccc1C(=O)O)C1CC1. The topological polar surface area (TPSA) is 53.4 Å². The Morgan fingerprint density at radius 1 is 1.47 bits per heavy atom. The summed E-state index contributed by atoms with van der Waals surface area (Å²) >= 11 is 0. The van der Waals surface area contributed by atoms with Gasteiger partial charge in [-0.1, -0.05) is 0 Å². The van der Waals surface area contributed by atoms with Crippen LogP contribution in [-0.2, 0) is 6.18 Å². The van der Waals surface area contributed by atoms with Crippen LogP contribution in [0, 0.1) is 0 Å². The highest BCUT2D eigenvalue weighted by atomic mass is 19.4. The van der Waals surface area contributed by atoms with Crippen LogP contribution in [0.15, 0.2) is 12.1 Å². The highest BCUT2D eigenvalue weighted by Crippen LogP contribution is 2.35. The smallest absolute Gasteiger partial charge is 0.433 e. The number of carboxylic acids is 1. The molecule has 4 nitrogen and oxygen atoms in total. The second-order valence-electron chi connectivity index (χ2n) is 4.39. The van der Waals surface area contributed by atoms with Crippen LogP contribution in [0.25, 0.3) is 0 Å². The van der Waals surface area contributed by atoms with E-state index in [1.165, 1.54) is 0 Å². The Hall–Kier alpha value is -1.79. The molecular formula is C12H13F3N2O2. The van der Waals surface area contributed by atoms with E-state index in [9.17, 15) is 18.0 Å². The average molecular weight is 274 g/mol. The Labute approximate surface area is 107 Å². The predicted octanol–water partition coefficient (Wildman–Crippen LogP) is 2.79. The van der Waals surface area contributed by atoms with Crippen molar-refractivity contribution in [2.24, 2.45) is 0 Å². The van der Waals surface area contributed by atoms with Gasteiger partial charge in [0.25, 0.3) is 0 Å². The van der Waals surface area contributed by atoms with Gasteiger partial charge in [-0.3, -0.25) is 0 Å². The third-order valence-electron chi connectivity index (χ3n) is 3.00. The standard InChI is InChI=1S/C12H13F3N2O2/c1-2-17(7-3-4-7)10-8(11(18)19)5-6-9(16-10)12(13,14)15/h5-7H,2-4H2,1H3,(H,18,19). The molecule has 0 aromatic carbocycles. The third kappa shape index (κ3) is 2.80. The van der Waals surface area contributed by atoms with Gasteiger partial charge in [0, 0.05) is 12.6 Å². The van der Waals surface area contributed by atoms with E-state index in [0.29, 0.717) is 12.6 Å². The van der Waals surface area contributed by atoms with E-state index < -0.39 is 17.8 Å². The largest absolute Gasteiger partial charge is 0.478 e. The van der Waals surface area contributed by atoms with Gasteiger partial charge in [0.15, 0.2) is 0 Å². The Bertz CT molecular complexity index is 498. The molecule has 1 aliphatic carbocycles. The molecule has 104 valence electrons. The van der Waals surface area contributed by atoms with Crippen molar-refractivity contribution in [3.05, 3.63) is 23.4 Å². The third-order valence-corrected chi connectivity index (χ3v) is 3.00. The molecule has 19 heavy (non-hydrogen) atoms. The zero-order valence-electron chi connectivity index (χ0n) is 10.2. The van der Waals surface area contributed by atoms with Crippen molar-refractivity contribution in [2.45, 2.75) is 32.0 Å². The van der Waals surface area contributed by atoms with Crippen molar-refractivity contribution >= 4 is 11.8 Å². The molecule has 0 unspecified atom stereocenters. The minimum Gasteiger partial charge on any atom is -0.478 e. The van der Waals surface area contributed by atoms with Crippen molar-refractivity contribution in [3.8, 4) is 0 Å². The molecule has 0 atom stereocenters. The lowest BCUT2D eigenvalue weighted by Crippen LogP contribution is -2.29. The zero-order chi connectivity index (χ0) is 14.2. The summed E-state index contributed by atoms with van der Waals surface area (Å²) in [7, 11) is 0. The molecule has 0 radical (unpaired) electrons. The Balaban J connectivity index is 2.49. The molecule has 0 saturated heterocycles. The minimum atomic E-state index is -4.57. The van der Waals surface area contributed by atoms with Crippen LogP contribution < -0.4 is 4.90 Å². The molecule has 7 heteroatoms. The second-order valence-corrected chi connectivity index (χ2v) is 4.39. The lowest BCUT2D eigenvalue weighted by molar-refractivity contribution is -0.141. The van der Waals surface area contributed by atoms with E-state index in [-0.39, 0.29) is 17.4 Å². The van der Waals surface area contributed by atoms with Crippen molar-refractivity contribution in [3.63, 3.8) is 0 Å². The van der Waals surface area contributed by atoms with Crippen molar-refractivity contribution in [1.82, 2.24) is 4.98 Å². The van der Waals surface area contributed by atoms with E-state index >= 15 is 0 Å². The molecule has 0 amide bonds. The van der Waals surface area contributed by atoms with Crippen LogP contribution >= 0.6 is 0 Å². The number of halogens is 3. The fraction of sp³-hybridized carbons (Fsp3) is 0.500. The van der Waals surface area contributed by atoms with E-state index in [2.05, 4.69) is 4.98 Å². The maximum atomic E-state index is 12.7. The number of pyridine rings is 1.